The smallest absolute Gasteiger partial charge is 0.222 e. The monoisotopic (exact) mass is 266 g/mol. The molecule has 0 fully saturated rings. The highest BCUT2D eigenvalue weighted by atomic mass is 16.2. The molecule has 0 aromatic carbocycles. The summed E-state index contributed by atoms with van der Waals surface area (Å²) in [5.74, 6) is 0.624. The summed E-state index contributed by atoms with van der Waals surface area (Å²) in [6, 6.07) is 0.161. The van der Waals surface area contributed by atoms with Crippen molar-refractivity contribution >= 4 is 5.91 Å². The average Bonchev–Trinajstić information content (AvgIpc) is 2.78. The number of hydrogen-bond donors (Lipinski definition) is 1. The number of aromatic nitrogens is 2. The second-order valence-electron chi connectivity index (χ2n) is 5.53. The topological polar surface area (TPSA) is 64.2 Å². The first-order valence-electron chi connectivity index (χ1n) is 6.87. The lowest BCUT2D eigenvalue weighted by Crippen LogP contribution is -2.34. The number of carbonyl (C=O) groups excluding carboxylic acids is 1. The standard InChI is InChI=1S/C14H26N4O/c1-11(2)13(15)7-8-17(3)14(19)6-5-12-9-16-18(4)10-12/h9-11,13H,5-8,15H2,1-4H3. The van der Waals surface area contributed by atoms with Crippen molar-refractivity contribution in [2.75, 3.05) is 13.6 Å². The Morgan fingerprint density at radius 3 is 2.74 bits per heavy atom. The fourth-order valence-electron chi connectivity index (χ4n) is 1.84. The van der Waals surface area contributed by atoms with E-state index in [9.17, 15) is 4.79 Å². The van der Waals surface area contributed by atoms with E-state index < -0.39 is 0 Å². The van der Waals surface area contributed by atoms with E-state index in [1.54, 1.807) is 9.58 Å². The lowest BCUT2D eigenvalue weighted by atomic mass is 10.0. The summed E-state index contributed by atoms with van der Waals surface area (Å²) in [5, 5.41) is 4.09. The van der Waals surface area contributed by atoms with Gasteiger partial charge in [-0.15, -0.1) is 0 Å². The zero-order valence-electron chi connectivity index (χ0n) is 12.5. The highest BCUT2D eigenvalue weighted by Crippen LogP contribution is 2.06. The van der Waals surface area contributed by atoms with Crippen molar-refractivity contribution in [3.63, 3.8) is 0 Å². The lowest BCUT2D eigenvalue weighted by molar-refractivity contribution is -0.129. The van der Waals surface area contributed by atoms with Crippen LogP contribution in [0, 0.1) is 5.92 Å². The van der Waals surface area contributed by atoms with Crippen LogP contribution in [-0.4, -0.2) is 40.2 Å². The molecule has 5 heteroatoms. The number of rotatable bonds is 7. The average molecular weight is 266 g/mol. The normalized spacial score (nSPS) is 12.7. The van der Waals surface area contributed by atoms with Crippen molar-refractivity contribution in [1.29, 1.82) is 0 Å². The fourth-order valence-corrected chi connectivity index (χ4v) is 1.84. The molecule has 0 saturated heterocycles. The van der Waals surface area contributed by atoms with E-state index in [1.165, 1.54) is 0 Å². The summed E-state index contributed by atoms with van der Waals surface area (Å²) >= 11 is 0. The first kappa shape index (κ1) is 15.7. The minimum atomic E-state index is 0.161. The number of carbonyl (C=O) groups is 1. The molecule has 1 atom stereocenters. The van der Waals surface area contributed by atoms with Crippen LogP contribution in [0.2, 0.25) is 0 Å². The summed E-state index contributed by atoms with van der Waals surface area (Å²) in [7, 11) is 3.73. The van der Waals surface area contributed by atoms with Gasteiger partial charge in [-0.05, 0) is 24.3 Å². The highest BCUT2D eigenvalue weighted by molar-refractivity contribution is 5.76. The summed E-state index contributed by atoms with van der Waals surface area (Å²) < 4.78 is 1.76. The summed E-state index contributed by atoms with van der Waals surface area (Å²) in [4.78, 5) is 13.7. The van der Waals surface area contributed by atoms with Crippen LogP contribution in [-0.2, 0) is 18.3 Å². The summed E-state index contributed by atoms with van der Waals surface area (Å²) in [6.45, 7) is 4.94. The van der Waals surface area contributed by atoms with Crippen molar-refractivity contribution in [2.45, 2.75) is 39.2 Å². The van der Waals surface area contributed by atoms with Crippen LogP contribution in [0.5, 0.6) is 0 Å². The maximum atomic E-state index is 12.0. The van der Waals surface area contributed by atoms with Crippen LogP contribution in [0.15, 0.2) is 12.4 Å². The Kier molecular flexibility index (Phi) is 6.02. The van der Waals surface area contributed by atoms with Gasteiger partial charge in [0.15, 0.2) is 0 Å². The van der Waals surface area contributed by atoms with Gasteiger partial charge in [0, 0.05) is 39.3 Å². The first-order valence-corrected chi connectivity index (χ1v) is 6.87. The van der Waals surface area contributed by atoms with E-state index in [4.69, 9.17) is 5.73 Å². The maximum Gasteiger partial charge on any atom is 0.222 e. The molecule has 1 aromatic rings. The predicted molar refractivity (Wildman–Crippen MR) is 76.6 cm³/mol. The number of amides is 1. The molecule has 1 aromatic heterocycles. The molecule has 2 N–H and O–H groups in total. The van der Waals surface area contributed by atoms with E-state index >= 15 is 0 Å². The molecule has 1 rings (SSSR count). The summed E-state index contributed by atoms with van der Waals surface area (Å²) in [5.41, 5.74) is 7.08. The van der Waals surface area contributed by atoms with Gasteiger partial charge in [0.1, 0.15) is 0 Å². The third-order valence-electron chi connectivity index (χ3n) is 3.47. The quantitative estimate of drug-likeness (QED) is 0.806. The zero-order valence-corrected chi connectivity index (χ0v) is 12.5. The molecule has 1 unspecified atom stereocenters. The molecule has 5 nitrogen and oxygen atoms in total. The van der Waals surface area contributed by atoms with E-state index in [2.05, 4.69) is 18.9 Å². The Morgan fingerprint density at radius 2 is 2.21 bits per heavy atom. The Bertz CT molecular complexity index is 400. The van der Waals surface area contributed by atoms with E-state index in [0.717, 1.165) is 24.9 Å². The molecular weight excluding hydrogens is 240 g/mol. The largest absolute Gasteiger partial charge is 0.346 e. The van der Waals surface area contributed by atoms with Crippen LogP contribution in [0.25, 0.3) is 0 Å². The predicted octanol–water partition coefficient (Wildman–Crippen LogP) is 1.18. The molecule has 0 aliphatic carbocycles. The number of aryl methyl sites for hydroxylation is 2. The molecule has 0 spiro atoms. The molecule has 0 radical (unpaired) electrons. The first-order chi connectivity index (χ1) is 8.90. The molecule has 0 bridgehead atoms. The highest BCUT2D eigenvalue weighted by Gasteiger charge is 2.13. The third kappa shape index (κ3) is 5.42. The van der Waals surface area contributed by atoms with E-state index in [0.29, 0.717) is 12.3 Å². The van der Waals surface area contributed by atoms with Crippen LogP contribution in [0.4, 0.5) is 0 Å². The van der Waals surface area contributed by atoms with E-state index in [1.807, 2.05) is 26.5 Å². The second-order valence-corrected chi connectivity index (χ2v) is 5.53. The van der Waals surface area contributed by atoms with Crippen molar-refractivity contribution in [3.05, 3.63) is 18.0 Å². The van der Waals surface area contributed by atoms with Gasteiger partial charge >= 0.3 is 0 Å². The van der Waals surface area contributed by atoms with Gasteiger partial charge in [-0.3, -0.25) is 9.48 Å². The lowest BCUT2D eigenvalue weighted by Gasteiger charge is -2.21. The van der Waals surface area contributed by atoms with Gasteiger partial charge in [0.2, 0.25) is 5.91 Å². The number of hydrogen-bond acceptors (Lipinski definition) is 3. The van der Waals surface area contributed by atoms with Crippen molar-refractivity contribution in [3.8, 4) is 0 Å². The van der Waals surface area contributed by atoms with Crippen LogP contribution < -0.4 is 5.73 Å². The van der Waals surface area contributed by atoms with Gasteiger partial charge in [0.05, 0.1) is 6.20 Å². The zero-order chi connectivity index (χ0) is 14.4. The van der Waals surface area contributed by atoms with Crippen LogP contribution >= 0.6 is 0 Å². The minimum absolute atomic E-state index is 0.161. The Hall–Kier alpha value is -1.36. The van der Waals surface area contributed by atoms with Gasteiger partial charge in [-0.1, -0.05) is 13.8 Å². The molecule has 1 amide bonds. The van der Waals surface area contributed by atoms with Crippen molar-refractivity contribution in [2.24, 2.45) is 18.7 Å². The van der Waals surface area contributed by atoms with Gasteiger partial charge in [-0.2, -0.15) is 5.10 Å². The van der Waals surface area contributed by atoms with Gasteiger partial charge in [-0.25, -0.2) is 0 Å². The minimum Gasteiger partial charge on any atom is -0.346 e. The number of nitrogens with two attached hydrogens (primary N) is 1. The van der Waals surface area contributed by atoms with Crippen LogP contribution in [0.3, 0.4) is 0 Å². The second kappa shape index (κ2) is 7.28. The molecule has 0 aliphatic rings. The molecular formula is C14H26N4O. The fraction of sp³-hybridized carbons (Fsp3) is 0.714. The molecule has 108 valence electrons. The molecule has 0 saturated carbocycles. The molecule has 0 aliphatic heterocycles. The Labute approximate surface area is 115 Å². The molecule has 1 heterocycles. The maximum absolute atomic E-state index is 12.0. The van der Waals surface area contributed by atoms with Crippen molar-refractivity contribution in [1.82, 2.24) is 14.7 Å². The molecule has 19 heavy (non-hydrogen) atoms. The van der Waals surface area contributed by atoms with Crippen molar-refractivity contribution < 1.29 is 4.79 Å². The Balaban J connectivity index is 2.28. The third-order valence-corrected chi connectivity index (χ3v) is 3.47. The van der Waals surface area contributed by atoms with Crippen LogP contribution in [0.1, 0.15) is 32.3 Å². The summed E-state index contributed by atoms with van der Waals surface area (Å²) in [6.07, 6.45) is 5.88. The Morgan fingerprint density at radius 1 is 1.53 bits per heavy atom. The van der Waals surface area contributed by atoms with Gasteiger partial charge in [0.25, 0.3) is 0 Å². The van der Waals surface area contributed by atoms with E-state index in [-0.39, 0.29) is 11.9 Å². The van der Waals surface area contributed by atoms with Gasteiger partial charge < -0.3 is 10.6 Å². The number of nitrogens with zero attached hydrogens (tertiary/aromatic N) is 3. The SMILES string of the molecule is CC(C)C(N)CCN(C)C(=O)CCc1cnn(C)c1.